The number of benzene rings is 1. The van der Waals surface area contributed by atoms with Crippen LogP contribution >= 0.6 is 11.8 Å². The van der Waals surface area contributed by atoms with Crippen molar-refractivity contribution in [3.8, 4) is 0 Å². The quantitative estimate of drug-likeness (QED) is 0.585. The minimum absolute atomic E-state index is 0.258. The van der Waals surface area contributed by atoms with Crippen molar-refractivity contribution in [2.45, 2.75) is 37.7 Å². The molecule has 2 heteroatoms. The minimum Gasteiger partial charge on any atom is -0.381 e. The Balaban J connectivity index is 1.94. The van der Waals surface area contributed by atoms with Crippen molar-refractivity contribution in [3.63, 3.8) is 0 Å². The number of thioether (sulfide) groups is 1. The maximum absolute atomic E-state index is 5.49. The Morgan fingerprint density at radius 1 is 1.33 bits per heavy atom. The Kier molecular flexibility index (Phi) is 4.52. The van der Waals surface area contributed by atoms with E-state index in [4.69, 9.17) is 4.74 Å². The maximum Gasteiger partial charge on any atom is 0.0614 e. The zero-order valence-corrected chi connectivity index (χ0v) is 12.3. The zero-order valence-electron chi connectivity index (χ0n) is 11.5. The van der Waals surface area contributed by atoms with Gasteiger partial charge in [0.25, 0.3) is 0 Å². The van der Waals surface area contributed by atoms with Crippen molar-refractivity contribution >= 4 is 11.8 Å². The predicted molar refractivity (Wildman–Crippen MR) is 79.2 cm³/mol. The topological polar surface area (TPSA) is 9.23 Å². The van der Waals surface area contributed by atoms with E-state index in [1.54, 1.807) is 0 Å². The van der Waals surface area contributed by atoms with E-state index in [0.717, 1.165) is 18.6 Å². The molecule has 1 aromatic rings. The molecule has 0 fully saturated rings. The SMILES string of the molecule is CO[C@@H]1CC=C[C@@](C)(CSc2ccc(C)cc2)C1. The monoisotopic (exact) mass is 262 g/mol. The summed E-state index contributed by atoms with van der Waals surface area (Å²) in [6.45, 7) is 4.46. The van der Waals surface area contributed by atoms with Gasteiger partial charge >= 0.3 is 0 Å². The van der Waals surface area contributed by atoms with Gasteiger partial charge in [0.2, 0.25) is 0 Å². The van der Waals surface area contributed by atoms with Crippen LogP contribution in [0.15, 0.2) is 41.3 Å². The highest BCUT2D eigenvalue weighted by Gasteiger charge is 2.28. The van der Waals surface area contributed by atoms with Crippen LogP contribution in [0, 0.1) is 12.3 Å². The van der Waals surface area contributed by atoms with Crippen LogP contribution in [-0.2, 0) is 4.74 Å². The van der Waals surface area contributed by atoms with E-state index in [0.29, 0.717) is 6.10 Å². The molecule has 0 unspecified atom stereocenters. The summed E-state index contributed by atoms with van der Waals surface area (Å²) in [5.41, 5.74) is 1.58. The average Bonchev–Trinajstić information content (AvgIpc) is 2.38. The Morgan fingerprint density at radius 2 is 2.06 bits per heavy atom. The van der Waals surface area contributed by atoms with Crippen molar-refractivity contribution in [2.75, 3.05) is 12.9 Å². The third-order valence-electron chi connectivity index (χ3n) is 3.54. The smallest absolute Gasteiger partial charge is 0.0614 e. The summed E-state index contributed by atoms with van der Waals surface area (Å²) in [6.07, 6.45) is 7.20. The molecule has 1 aliphatic rings. The molecular formula is C16H22OS. The van der Waals surface area contributed by atoms with Crippen LogP contribution in [0.4, 0.5) is 0 Å². The normalized spacial score (nSPS) is 27.4. The number of hydrogen-bond donors (Lipinski definition) is 0. The van der Waals surface area contributed by atoms with Gasteiger partial charge < -0.3 is 4.74 Å². The van der Waals surface area contributed by atoms with Crippen LogP contribution in [0.3, 0.4) is 0 Å². The number of allylic oxidation sites excluding steroid dienone is 1. The van der Waals surface area contributed by atoms with Gasteiger partial charge in [-0.15, -0.1) is 11.8 Å². The van der Waals surface area contributed by atoms with Gasteiger partial charge in [-0.3, -0.25) is 0 Å². The van der Waals surface area contributed by atoms with Crippen molar-refractivity contribution in [3.05, 3.63) is 42.0 Å². The molecule has 2 atom stereocenters. The summed E-state index contributed by atoms with van der Waals surface area (Å²) in [6, 6.07) is 8.78. The molecule has 0 heterocycles. The van der Waals surface area contributed by atoms with Gasteiger partial charge in [0.1, 0.15) is 0 Å². The summed E-state index contributed by atoms with van der Waals surface area (Å²) in [5, 5.41) is 0. The van der Waals surface area contributed by atoms with Gasteiger partial charge in [0.05, 0.1) is 6.10 Å². The van der Waals surface area contributed by atoms with E-state index in [-0.39, 0.29) is 5.41 Å². The summed E-state index contributed by atoms with van der Waals surface area (Å²) in [7, 11) is 1.82. The van der Waals surface area contributed by atoms with E-state index in [1.165, 1.54) is 10.5 Å². The van der Waals surface area contributed by atoms with Crippen molar-refractivity contribution in [1.82, 2.24) is 0 Å². The molecule has 1 aromatic carbocycles. The molecule has 0 spiro atoms. The maximum atomic E-state index is 5.49. The van der Waals surface area contributed by atoms with E-state index >= 15 is 0 Å². The van der Waals surface area contributed by atoms with E-state index in [1.807, 2.05) is 18.9 Å². The number of hydrogen-bond acceptors (Lipinski definition) is 2. The predicted octanol–water partition coefficient (Wildman–Crippen LogP) is 4.46. The summed E-state index contributed by atoms with van der Waals surface area (Å²) in [4.78, 5) is 1.36. The Hall–Kier alpha value is -0.730. The first-order valence-electron chi connectivity index (χ1n) is 6.51. The van der Waals surface area contributed by atoms with Gasteiger partial charge in [0.15, 0.2) is 0 Å². The van der Waals surface area contributed by atoms with Gasteiger partial charge in [0, 0.05) is 17.8 Å². The van der Waals surface area contributed by atoms with Crippen molar-refractivity contribution < 1.29 is 4.74 Å². The van der Waals surface area contributed by atoms with E-state index in [9.17, 15) is 0 Å². The third kappa shape index (κ3) is 3.63. The number of methoxy groups -OCH3 is 1. The lowest BCUT2D eigenvalue weighted by Gasteiger charge is -2.33. The largest absolute Gasteiger partial charge is 0.381 e. The average molecular weight is 262 g/mol. The van der Waals surface area contributed by atoms with Gasteiger partial charge in [-0.05, 0) is 37.3 Å². The summed E-state index contributed by atoms with van der Waals surface area (Å²) >= 11 is 1.94. The first kappa shape index (κ1) is 13.7. The molecule has 0 aliphatic heterocycles. The Labute approximate surface area is 115 Å². The van der Waals surface area contributed by atoms with Gasteiger partial charge in [-0.25, -0.2) is 0 Å². The molecular weight excluding hydrogens is 240 g/mol. The minimum atomic E-state index is 0.258. The molecule has 0 N–H and O–H groups in total. The van der Waals surface area contributed by atoms with Crippen molar-refractivity contribution in [2.24, 2.45) is 5.41 Å². The van der Waals surface area contributed by atoms with E-state index < -0.39 is 0 Å². The molecule has 2 rings (SSSR count). The lowest BCUT2D eigenvalue weighted by Crippen LogP contribution is -2.28. The Morgan fingerprint density at radius 3 is 2.72 bits per heavy atom. The molecule has 0 bridgehead atoms. The molecule has 0 radical (unpaired) electrons. The number of aryl methyl sites for hydroxylation is 1. The second-order valence-corrected chi connectivity index (χ2v) is 6.50. The second kappa shape index (κ2) is 5.94. The van der Waals surface area contributed by atoms with E-state index in [2.05, 4.69) is 50.3 Å². The van der Waals surface area contributed by atoms with Crippen LogP contribution in [0.5, 0.6) is 0 Å². The first-order chi connectivity index (χ1) is 8.61. The highest BCUT2D eigenvalue weighted by molar-refractivity contribution is 7.99. The van der Waals surface area contributed by atoms with Gasteiger partial charge in [-0.2, -0.15) is 0 Å². The Bertz CT molecular complexity index is 410. The summed E-state index contributed by atoms with van der Waals surface area (Å²) in [5.74, 6) is 1.12. The molecule has 0 saturated heterocycles. The van der Waals surface area contributed by atoms with Crippen molar-refractivity contribution in [1.29, 1.82) is 0 Å². The van der Waals surface area contributed by atoms with Gasteiger partial charge in [-0.1, -0.05) is 36.8 Å². The third-order valence-corrected chi connectivity index (χ3v) is 4.95. The van der Waals surface area contributed by atoms with Crippen LogP contribution in [0.25, 0.3) is 0 Å². The highest BCUT2D eigenvalue weighted by atomic mass is 32.2. The zero-order chi connectivity index (χ0) is 13.0. The summed E-state index contributed by atoms with van der Waals surface area (Å²) < 4.78 is 5.49. The molecule has 18 heavy (non-hydrogen) atoms. The van der Waals surface area contributed by atoms with Crippen LogP contribution < -0.4 is 0 Å². The first-order valence-corrected chi connectivity index (χ1v) is 7.50. The number of ether oxygens (including phenoxy) is 1. The highest BCUT2D eigenvalue weighted by Crippen LogP contribution is 2.37. The molecule has 1 nitrogen and oxygen atoms in total. The van der Waals surface area contributed by atoms with Crippen LogP contribution in [-0.4, -0.2) is 19.0 Å². The number of rotatable bonds is 4. The molecule has 1 aliphatic carbocycles. The fourth-order valence-electron chi connectivity index (χ4n) is 2.35. The fourth-order valence-corrected chi connectivity index (χ4v) is 3.38. The van der Waals surface area contributed by atoms with Crippen LogP contribution in [0.2, 0.25) is 0 Å². The molecule has 0 amide bonds. The van der Waals surface area contributed by atoms with Crippen LogP contribution in [0.1, 0.15) is 25.3 Å². The fraction of sp³-hybridized carbons (Fsp3) is 0.500. The molecule has 98 valence electrons. The molecule has 0 aromatic heterocycles. The lowest BCUT2D eigenvalue weighted by molar-refractivity contribution is 0.0696. The molecule has 0 saturated carbocycles. The standard InChI is InChI=1S/C16H22OS/c1-13-6-8-15(9-7-13)18-12-16(2)10-4-5-14(11-16)17-3/h4,6-10,14H,5,11-12H2,1-3H3/t14-,16-/m1/s1. The second-order valence-electron chi connectivity index (χ2n) is 5.46. The lowest BCUT2D eigenvalue weighted by atomic mass is 9.81.